The highest BCUT2D eigenvalue weighted by Gasteiger charge is 2.32. The molecule has 0 saturated carbocycles. The van der Waals surface area contributed by atoms with Crippen LogP contribution in [0, 0.1) is 0 Å². The van der Waals surface area contributed by atoms with E-state index in [2.05, 4.69) is 10.1 Å². The second kappa shape index (κ2) is 9.94. The van der Waals surface area contributed by atoms with E-state index in [1.165, 1.54) is 18.3 Å². The van der Waals surface area contributed by atoms with Crippen LogP contribution >= 0.6 is 23.2 Å². The lowest BCUT2D eigenvalue weighted by Crippen LogP contribution is -2.40. The Morgan fingerprint density at radius 3 is 2.47 bits per heavy atom. The van der Waals surface area contributed by atoms with Crippen LogP contribution < -0.4 is 14.4 Å². The number of halogens is 2. The summed E-state index contributed by atoms with van der Waals surface area (Å²) in [5.74, 6) is 0.422. The largest absolute Gasteiger partial charge is 0.487 e. The number of hydrogen-bond acceptors (Lipinski definition) is 8. The molecule has 1 N–H and O–H groups in total. The molecule has 0 radical (unpaired) electrons. The fourth-order valence-electron chi connectivity index (χ4n) is 2.78. The third kappa shape index (κ3) is 6.00. The van der Waals surface area contributed by atoms with E-state index >= 15 is 0 Å². The Labute approximate surface area is 205 Å². The molecule has 1 aromatic carbocycles. The predicted molar refractivity (Wildman–Crippen MR) is 125 cm³/mol. The number of carbonyl (C=O) groups excluding carboxylic acids is 1. The Hall–Kier alpha value is -3.24. The van der Waals surface area contributed by atoms with Crippen LogP contribution in [0.15, 0.2) is 28.9 Å². The van der Waals surface area contributed by atoms with Crippen LogP contribution in [0.25, 0.3) is 11.0 Å². The number of amides is 2. The van der Waals surface area contributed by atoms with Crippen molar-refractivity contribution in [3.05, 3.63) is 40.0 Å². The maximum absolute atomic E-state index is 12.4. The number of benzene rings is 1. The van der Waals surface area contributed by atoms with E-state index in [0.29, 0.717) is 27.1 Å². The van der Waals surface area contributed by atoms with Crippen molar-refractivity contribution in [1.29, 1.82) is 0 Å². The molecule has 2 aromatic heterocycles. The molecule has 2 amide bonds. The molecule has 0 unspecified atom stereocenters. The summed E-state index contributed by atoms with van der Waals surface area (Å²) in [6.07, 6.45) is -1.31. The summed E-state index contributed by atoms with van der Waals surface area (Å²) in [6.45, 7) is 8.59. The van der Waals surface area contributed by atoms with Crippen molar-refractivity contribution < 1.29 is 33.4 Å². The van der Waals surface area contributed by atoms with Gasteiger partial charge in [0.05, 0.1) is 17.7 Å². The van der Waals surface area contributed by atoms with Gasteiger partial charge in [0.1, 0.15) is 23.0 Å². The molecule has 0 aliphatic heterocycles. The van der Waals surface area contributed by atoms with Crippen molar-refractivity contribution in [3.8, 4) is 11.6 Å². The van der Waals surface area contributed by atoms with Gasteiger partial charge in [0.25, 0.3) is 0 Å². The summed E-state index contributed by atoms with van der Waals surface area (Å²) in [4.78, 5) is 28.7. The van der Waals surface area contributed by atoms with Crippen LogP contribution in [0.1, 0.15) is 40.2 Å². The number of ether oxygens (including phenoxy) is 3. The molecule has 3 aromatic rings. The number of pyridine rings is 1. The van der Waals surface area contributed by atoms with E-state index in [-0.39, 0.29) is 34.5 Å². The second-order valence-corrected chi connectivity index (χ2v) is 9.27. The standard InChI is InChI=1S/C22H23Cl2N3O7/c1-11(2)32-19-16(24)7-13(9-25-19)31-10-12-6-17-14(8-15(12)23)18(26-34-17)27(20(28)29)21(30)33-22(3,4)5/h6-9,11H,10H2,1-5H3,(H,28,29). The van der Waals surface area contributed by atoms with E-state index in [1.807, 2.05) is 13.8 Å². The number of imide groups is 1. The van der Waals surface area contributed by atoms with Crippen molar-refractivity contribution >= 4 is 52.2 Å². The second-order valence-electron chi connectivity index (χ2n) is 8.46. The first-order valence-corrected chi connectivity index (χ1v) is 10.9. The summed E-state index contributed by atoms with van der Waals surface area (Å²) in [6, 6.07) is 4.54. The Bertz CT molecular complexity index is 1220. The van der Waals surface area contributed by atoms with Gasteiger partial charge in [0, 0.05) is 16.7 Å². The predicted octanol–water partition coefficient (Wildman–Crippen LogP) is 6.32. The van der Waals surface area contributed by atoms with Crippen molar-refractivity contribution in [2.45, 2.75) is 52.9 Å². The zero-order valence-electron chi connectivity index (χ0n) is 19.1. The number of carbonyl (C=O) groups is 2. The van der Waals surface area contributed by atoms with E-state index < -0.39 is 17.8 Å². The SMILES string of the molecule is CC(C)Oc1ncc(OCc2cc3onc(N(C(=O)O)C(=O)OC(C)(C)C)c3cc2Cl)cc1Cl. The molecule has 10 nitrogen and oxygen atoms in total. The number of aromatic nitrogens is 2. The van der Waals surface area contributed by atoms with Gasteiger partial charge >= 0.3 is 12.2 Å². The monoisotopic (exact) mass is 511 g/mol. The topological polar surface area (TPSA) is 124 Å². The molecule has 182 valence electrons. The highest BCUT2D eigenvalue weighted by atomic mass is 35.5. The fraction of sp³-hybridized carbons (Fsp3) is 0.364. The first kappa shape index (κ1) is 25.4. The fourth-order valence-corrected chi connectivity index (χ4v) is 3.20. The lowest BCUT2D eigenvalue weighted by molar-refractivity contribution is 0.0580. The summed E-state index contributed by atoms with van der Waals surface area (Å²) in [7, 11) is 0. The van der Waals surface area contributed by atoms with Gasteiger partial charge in [-0.25, -0.2) is 14.6 Å². The number of rotatable bonds is 6. The molecule has 2 heterocycles. The maximum Gasteiger partial charge on any atom is 0.425 e. The molecule has 0 aliphatic rings. The molecule has 0 aliphatic carbocycles. The average Bonchev–Trinajstić information content (AvgIpc) is 3.08. The van der Waals surface area contributed by atoms with E-state index in [4.69, 9.17) is 41.9 Å². The van der Waals surface area contributed by atoms with Crippen molar-refractivity contribution in [3.63, 3.8) is 0 Å². The molecule has 0 spiro atoms. The molecular weight excluding hydrogens is 489 g/mol. The van der Waals surface area contributed by atoms with E-state index in [1.54, 1.807) is 26.8 Å². The summed E-state index contributed by atoms with van der Waals surface area (Å²) in [5.41, 5.74) is -0.192. The Balaban J connectivity index is 1.83. The number of nitrogens with zero attached hydrogens (tertiary/aromatic N) is 3. The Kier molecular flexibility index (Phi) is 7.42. The van der Waals surface area contributed by atoms with Crippen LogP contribution in [0.4, 0.5) is 15.4 Å². The number of hydrogen-bond donors (Lipinski definition) is 1. The summed E-state index contributed by atoms with van der Waals surface area (Å²) >= 11 is 12.6. The van der Waals surface area contributed by atoms with Gasteiger partial charge < -0.3 is 23.8 Å². The molecule has 0 saturated heterocycles. The summed E-state index contributed by atoms with van der Waals surface area (Å²) < 4.78 is 21.6. The average molecular weight is 512 g/mol. The van der Waals surface area contributed by atoms with Crippen molar-refractivity contribution in [2.24, 2.45) is 0 Å². The molecule has 12 heteroatoms. The van der Waals surface area contributed by atoms with Crippen LogP contribution in [0.5, 0.6) is 11.6 Å². The highest BCUT2D eigenvalue weighted by molar-refractivity contribution is 6.32. The Morgan fingerprint density at radius 2 is 1.88 bits per heavy atom. The minimum atomic E-state index is -1.58. The zero-order chi connectivity index (χ0) is 25.2. The number of fused-ring (bicyclic) bond motifs is 1. The maximum atomic E-state index is 12.4. The van der Waals surface area contributed by atoms with Gasteiger partial charge in [-0.05, 0) is 46.8 Å². The lowest BCUT2D eigenvalue weighted by atomic mass is 10.1. The Morgan fingerprint density at radius 1 is 1.18 bits per heavy atom. The van der Waals surface area contributed by atoms with Gasteiger partial charge in [-0.1, -0.05) is 28.4 Å². The molecule has 34 heavy (non-hydrogen) atoms. The van der Waals surface area contributed by atoms with Crippen molar-refractivity contribution in [2.75, 3.05) is 4.90 Å². The van der Waals surface area contributed by atoms with Crippen LogP contribution in [0.2, 0.25) is 10.0 Å². The quantitative estimate of drug-likeness (QED) is 0.404. The minimum Gasteiger partial charge on any atom is -0.487 e. The van der Waals surface area contributed by atoms with E-state index in [0.717, 1.165) is 0 Å². The number of carboxylic acid groups (broad SMARTS) is 1. The normalized spacial score (nSPS) is 11.5. The van der Waals surface area contributed by atoms with Gasteiger partial charge in [0.2, 0.25) is 5.88 Å². The summed E-state index contributed by atoms with van der Waals surface area (Å²) in [5, 5.41) is 14.0. The third-order valence-electron chi connectivity index (χ3n) is 4.12. The molecule has 0 fully saturated rings. The van der Waals surface area contributed by atoms with Crippen molar-refractivity contribution in [1.82, 2.24) is 10.1 Å². The number of anilines is 1. The van der Waals surface area contributed by atoms with Crippen LogP contribution in [-0.2, 0) is 11.3 Å². The highest BCUT2D eigenvalue weighted by Crippen LogP contribution is 2.33. The minimum absolute atomic E-state index is 0.0297. The molecular formula is C22H23Cl2N3O7. The molecule has 0 bridgehead atoms. The first-order chi connectivity index (χ1) is 15.9. The molecule has 0 atom stereocenters. The first-order valence-electron chi connectivity index (χ1n) is 10.1. The van der Waals surface area contributed by atoms with Gasteiger partial charge in [-0.3, -0.25) is 0 Å². The van der Waals surface area contributed by atoms with E-state index in [9.17, 15) is 14.7 Å². The van der Waals surface area contributed by atoms with Gasteiger partial charge in [-0.15, -0.1) is 0 Å². The zero-order valence-corrected chi connectivity index (χ0v) is 20.6. The van der Waals surface area contributed by atoms with Crippen LogP contribution in [0.3, 0.4) is 0 Å². The van der Waals surface area contributed by atoms with Gasteiger partial charge in [-0.2, -0.15) is 4.90 Å². The molecule has 3 rings (SSSR count). The smallest absolute Gasteiger partial charge is 0.425 e. The van der Waals surface area contributed by atoms with Crippen LogP contribution in [-0.4, -0.2) is 39.1 Å². The van der Waals surface area contributed by atoms with Gasteiger partial charge in [0.15, 0.2) is 11.4 Å². The lowest BCUT2D eigenvalue weighted by Gasteiger charge is -2.23. The third-order valence-corrected chi connectivity index (χ3v) is 4.75.